The molecule has 0 saturated carbocycles. The fourth-order valence-corrected chi connectivity index (χ4v) is 2.91. The second kappa shape index (κ2) is 13.8. The van der Waals surface area contributed by atoms with Crippen molar-refractivity contribution in [2.45, 2.75) is 38.5 Å². The first kappa shape index (κ1) is 25.8. The minimum absolute atomic E-state index is 0.100. The first-order valence-corrected chi connectivity index (χ1v) is 10.5. The number of benzene rings is 2. The van der Waals surface area contributed by atoms with E-state index in [4.69, 9.17) is 0 Å². The van der Waals surface area contributed by atoms with Gasteiger partial charge >= 0.3 is 0 Å². The molecule has 2 aromatic rings. The number of carbonyl (C=O) groups is 2. The molecule has 0 atom stereocenters. The fraction of sp³-hybridized carbons (Fsp3) is 0.273. The van der Waals surface area contributed by atoms with Crippen molar-refractivity contribution in [2.24, 2.45) is 10.2 Å². The maximum absolute atomic E-state index is 11.8. The lowest BCUT2D eigenvalue weighted by atomic mass is 10.1. The van der Waals surface area contributed by atoms with Crippen LogP contribution in [0, 0.1) is 20.2 Å². The number of para-hydroxylation sites is 2. The normalized spacial score (nSPS) is 10.9. The minimum atomic E-state index is -0.523. The Morgan fingerprint density at radius 1 is 0.706 bits per heavy atom. The first-order valence-electron chi connectivity index (χ1n) is 10.5. The van der Waals surface area contributed by atoms with Gasteiger partial charge in [-0.25, -0.2) is 10.9 Å². The second-order valence-electron chi connectivity index (χ2n) is 7.13. The molecule has 178 valence electrons. The van der Waals surface area contributed by atoms with Crippen LogP contribution in [-0.2, 0) is 9.59 Å². The number of carbonyl (C=O) groups excluding carboxylic acids is 2. The lowest BCUT2D eigenvalue weighted by Gasteiger charge is -2.02. The molecule has 0 radical (unpaired) electrons. The van der Waals surface area contributed by atoms with E-state index in [2.05, 4.69) is 21.1 Å². The van der Waals surface area contributed by atoms with Crippen molar-refractivity contribution in [3.8, 4) is 0 Å². The van der Waals surface area contributed by atoms with Crippen LogP contribution in [0.1, 0.15) is 49.7 Å². The molecule has 0 fully saturated rings. The van der Waals surface area contributed by atoms with Gasteiger partial charge in [-0.05, 0) is 25.0 Å². The Hall–Kier alpha value is -4.48. The van der Waals surface area contributed by atoms with Crippen LogP contribution in [-0.4, -0.2) is 34.1 Å². The van der Waals surface area contributed by atoms with Crippen LogP contribution in [0.2, 0.25) is 0 Å². The summed E-state index contributed by atoms with van der Waals surface area (Å²) in [4.78, 5) is 44.5. The average Bonchev–Trinajstić information content (AvgIpc) is 2.81. The molecule has 2 N–H and O–H groups in total. The fourth-order valence-electron chi connectivity index (χ4n) is 2.91. The van der Waals surface area contributed by atoms with Crippen molar-refractivity contribution < 1.29 is 19.4 Å². The number of nitrogens with one attached hydrogen (secondary N) is 2. The van der Waals surface area contributed by atoms with Gasteiger partial charge in [0.25, 0.3) is 11.4 Å². The van der Waals surface area contributed by atoms with Gasteiger partial charge in [-0.1, -0.05) is 37.1 Å². The molecule has 34 heavy (non-hydrogen) atoms. The number of nitro groups is 2. The highest BCUT2D eigenvalue weighted by Gasteiger charge is 2.11. The lowest BCUT2D eigenvalue weighted by Crippen LogP contribution is -2.17. The summed E-state index contributed by atoms with van der Waals surface area (Å²) in [7, 11) is 0. The summed E-state index contributed by atoms with van der Waals surface area (Å²) < 4.78 is 0. The molecule has 2 rings (SSSR count). The van der Waals surface area contributed by atoms with Crippen LogP contribution < -0.4 is 10.9 Å². The molecule has 0 saturated heterocycles. The number of hydrogen-bond acceptors (Lipinski definition) is 8. The Morgan fingerprint density at radius 3 is 1.47 bits per heavy atom. The maximum Gasteiger partial charge on any atom is 0.278 e. The molecule has 0 aliphatic carbocycles. The van der Waals surface area contributed by atoms with Crippen LogP contribution in [0.3, 0.4) is 0 Å². The van der Waals surface area contributed by atoms with E-state index in [0.29, 0.717) is 12.8 Å². The minimum Gasteiger partial charge on any atom is -0.273 e. The third-order valence-corrected chi connectivity index (χ3v) is 4.61. The molecule has 0 spiro atoms. The van der Waals surface area contributed by atoms with Gasteiger partial charge in [0.1, 0.15) is 0 Å². The highest BCUT2D eigenvalue weighted by Crippen LogP contribution is 2.16. The number of nitro benzene ring substituents is 2. The molecule has 0 unspecified atom stereocenters. The molecule has 12 nitrogen and oxygen atoms in total. The molecule has 2 aromatic carbocycles. The van der Waals surface area contributed by atoms with Crippen LogP contribution >= 0.6 is 0 Å². The zero-order valence-electron chi connectivity index (χ0n) is 18.3. The van der Waals surface area contributed by atoms with Gasteiger partial charge in [0.05, 0.1) is 33.4 Å². The van der Waals surface area contributed by atoms with Gasteiger partial charge in [0.2, 0.25) is 11.8 Å². The van der Waals surface area contributed by atoms with Crippen molar-refractivity contribution in [2.75, 3.05) is 0 Å². The van der Waals surface area contributed by atoms with E-state index in [1.165, 1.54) is 36.7 Å². The van der Waals surface area contributed by atoms with E-state index in [1.54, 1.807) is 24.3 Å². The molecule has 12 heteroatoms. The maximum atomic E-state index is 11.8. The SMILES string of the molecule is O=C(CCCCCCC(=O)N/N=C\c1ccccc1[N+](=O)[O-])N/N=C\c1ccccc1[N+](=O)[O-]. The summed E-state index contributed by atoms with van der Waals surface area (Å²) >= 11 is 0. The first-order chi connectivity index (χ1) is 16.4. The monoisotopic (exact) mass is 468 g/mol. The zero-order chi connectivity index (χ0) is 24.8. The van der Waals surface area contributed by atoms with E-state index in [9.17, 15) is 29.8 Å². The summed E-state index contributed by atoms with van der Waals surface area (Å²) in [6, 6.07) is 12.1. The number of nitrogens with zero attached hydrogens (tertiary/aromatic N) is 4. The van der Waals surface area contributed by atoms with Gasteiger partial charge in [0.15, 0.2) is 0 Å². The van der Waals surface area contributed by atoms with Crippen molar-refractivity contribution >= 4 is 35.6 Å². The quantitative estimate of drug-likeness (QED) is 0.197. The Bertz CT molecular complexity index is 1000. The smallest absolute Gasteiger partial charge is 0.273 e. The van der Waals surface area contributed by atoms with E-state index in [-0.39, 0.29) is 47.2 Å². The van der Waals surface area contributed by atoms with Gasteiger partial charge in [0, 0.05) is 25.0 Å². The molecule has 0 aromatic heterocycles. The van der Waals surface area contributed by atoms with Crippen molar-refractivity contribution in [1.29, 1.82) is 0 Å². The van der Waals surface area contributed by atoms with Gasteiger partial charge in [-0.2, -0.15) is 10.2 Å². The molecular weight excluding hydrogens is 444 g/mol. The average molecular weight is 468 g/mol. The van der Waals surface area contributed by atoms with Gasteiger partial charge in [-0.15, -0.1) is 0 Å². The molecule has 2 amide bonds. The van der Waals surface area contributed by atoms with E-state index < -0.39 is 9.85 Å². The molecule has 0 aliphatic heterocycles. The predicted molar refractivity (Wildman–Crippen MR) is 125 cm³/mol. The number of unbranched alkanes of at least 4 members (excludes halogenated alkanes) is 3. The molecular formula is C22H24N6O6. The summed E-state index contributed by atoms with van der Waals surface area (Å²) in [6.07, 6.45) is 5.60. The van der Waals surface area contributed by atoms with E-state index in [0.717, 1.165) is 12.8 Å². The Kier molecular flexibility index (Phi) is 10.5. The standard InChI is InChI=1S/C22H24N6O6/c29-21(25-23-15-17-9-5-7-11-19(17)27(31)32)13-3-1-2-4-14-22(30)26-24-16-18-10-6-8-12-20(18)28(33)34/h5-12,15-16H,1-4,13-14H2,(H,25,29)(H,26,30)/b23-15-,24-16-. The van der Waals surface area contributed by atoms with Crippen LogP contribution in [0.5, 0.6) is 0 Å². The lowest BCUT2D eigenvalue weighted by molar-refractivity contribution is -0.385. The second-order valence-corrected chi connectivity index (χ2v) is 7.13. The predicted octanol–water partition coefficient (Wildman–Crippen LogP) is 3.44. The third-order valence-electron chi connectivity index (χ3n) is 4.61. The molecule has 0 aliphatic rings. The van der Waals surface area contributed by atoms with Gasteiger partial charge < -0.3 is 0 Å². The molecule has 0 heterocycles. The Balaban J connectivity index is 1.59. The van der Waals surface area contributed by atoms with Crippen LogP contribution in [0.25, 0.3) is 0 Å². The van der Waals surface area contributed by atoms with Gasteiger partial charge in [-0.3, -0.25) is 29.8 Å². The summed E-state index contributed by atoms with van der Waals surface area (Å²) in [5.74, 6) is -0.617. The number of hydrogen-bond donors (Lipinski definition) is 2. The van der Waals surface area contributed by atoms with E-state index in [1.807, 2.05) is 0 Å². The largest absolute Gasteiger partial charge is 0.278 e. The summed E-state index contributed by atoms with van der Waals surface area (Å²) in [5, 5.41) is 29.4. The van der Waals surface area contributed by atoms with Crippen molar-refractivity contribution in [1.82, 2.24) is 10.9 Å². The van der Waals surface area contributed by atoms with Crippen molar-refractivity contribution in [3.63, 3.8) is 0 Å². The van der Waals surface area contributed by atoms with Crippen LogP contribution in [0.4, 0.5) is 11.4 Å². The summed E-state index contributed by atoms with van der Waals surface area (Å²) in [5.41, 5.74) is 5.06. The van der Waals surface area contributed by atoms with E-state index >= 15 is 0 Å². The number of rotatable bonds is 13. The number of hydrazone groups is 2. The zero-order valence-corrected chi connectivity index (χ0v) is 18.3. The summed E-state index contributed by atoms with van der Waals surface area (Å²) in [6.45, 7) is 0. The Labute approximate surface area is 195 Å². The molecule has 0 bridgehead atoms. The Morgan fingerprint density at radius 2 is 1.09 bits per heavy atom. The third kappa shape index (κ3) is 8.94. The topological polar surface area (TPSA) is 169 Å². The van der Waals surface area contributed by atoms with Crippen LogP contribution in [0.15, 0.2) is 58.7 Å². The highest BCUT2D eigenvalue weighted by atomic mass is 16.6. The van der Waals surface area contributed by atoms with Crippen molar-refractivity contribution in [3.05, 3.63) is 79.9 Å². The number of amides is 2. The highest BCUT2D eigenvalue weighted by molar-refractivity contribution is 5.87.